The zero-order chi connectivity index (χ0) is 6.41. The third-order valence-corrected chi connectivity index (χ3v) is 1.17. The lowest BCUT2D eigenvalue weighted by molar-refractivity contribution is 0.418. The van der Waals surface area contributed by atoms with Crippen molar-refractivity contribution in [1.29, 1.82) is 0 Å². The van der Waals surface area contributed by atoms with Gasteiger partial charge in [0.2, 0.25) is 0 Å². The second-order valence-corrected chi connectivity index (χ2v) is 1.70. The van der Waals surface area contributed by atoms with Gasteiger partial charge >= 0.3 is 0 Å². The number of rotatable bonds is 3. The standard InChI is InChI=1S/C7H15N.ClH/c1-4-7-8(5-2)6-3;/h4,7H,5-6H2,1-3H3;1H. The van der Waals surface area contributed by atoms with Crippen LogP contribution in [0.15, 0.2) is 12.3 Å². The fraction of sp³-hybridized carbons (Fsp3) is 0.714. The van der Waals surface area contributed by atoms with E-state index in [1.54, 1.807) is 0 Å². The summed E-state index contributed by atoms with van der Waals surface area (Å²) in [6.45, 7) is 8.58. The smallest absolute Gasteiger partial charge is 0.0143 e. The van der Waals surface area contributed by atoms with E-state index in [0.29, 0.717) is 0 Å². The lowest BCUT2D eigenvalue weighted by Gasteiger charge is -2.13. The maximum Gasteiger partial charge on any atom is 0.0143 e. The van der Waals surface area contributed by atoms with Gasteiger partial charge in [0.05, 0.1) is 0 Å². The number of nitrogens with zero attached hydrogens (tertiary/aromatic N) is 1. The van der Waals surface area contributed by atoms with E-state index in [2.05, 4.69) is 31.0 Å². The van der Waals surface area contributed by atoms with Crippen LogP contribution >= 0.6 is 12.4 Å². The van der Waals surface area contributed by atoms with Gasteiger partial charge in [0.15, 0.2) is 0 Å². The molecule has 0 amide bonds. The Hall–Kier alpha value is -0.170. The normalized spacial score (nSPS) is 9.22. The highest BCUT2D eigenvalue weighted by Gasteiger charge is 1.84. The first-order valence-corrected chi connectivity index (χ1v) is 3.22. The Morgan fingerprint density at radius 2 is 1.67 bits per heavy atom. The Bertz CT molecular complexity index is 67.3. The highest BCUT2D eigenvalue weighted by atomic mass is 35.5. The number of allylic oxidation sites excluding steroid dienone is 1. The number of hydrogen-bond acceptors (Lipinski definition) is 1. The van der Waals surface area contributed by atoms with E-state index >= 15 is 0 Å². The minimum Gasteiger partial charge on any atom is -0.378 e. The van der Waals surface area contributed by atoms with Crippen molar-refractivity contribution in [2.45, 2.75) is 20.8 Å². The quantitative estimate of drug-likeness (QED) is 0.595. The molecule has 0 spiro atoms. The Labute approximate surface area is 64.2 Å². The predicted octanol–water partition coefficient (Wildman–Crippen LogP) is 2.28. The average molecular weight is 150 g/mol. The third kappa shape index (κ3) is 5.71. The van der Waals surface area contributed by atoms with Crippen LogP contribution in [0.3, 0.4) is 0 Å². The molecule has 0 unspecified atom stereocenters. The molecule has 0 rings (SSSR count). The van der Waals surface area contributed by atoms with Crippen LogP contribution in [-0.4, -0.2) is 18.0 Å². The molecule has 0 fully saturated rings. The molecule has 0 saturated carbocycles. The molecule has 2 heteroatoms. The van der Waals surface area contributed by atoms with Crippen molar-refractivity contribution < 1.29 is 0 Å². The second kappa shape index (κ2) is 7.83. The minimum atomic E-state index is 0. The fourth-order valence-corrected chi connectivity index (χ4v) is 0.645. The van der Waals surface area contributed by atoms with Gasteiger partial charge in [0.25, 0.3) is 0 Å². The Kier molecular flexibility index (Phi) is 10.1. The van der Waals surface area contributed by atoms with E-state index in [1.807, 2.05) is 6.92 Å². The lowest BCUT2D eigenvalue weighted by Crippen LogP contribution is -2.14. The topological polar surface area (TPSA) is 3.24 Å². The van der Waals surface area contributed by atoms with Crippen molar-refractivity contribution >= 4 is 12.4 Å². The van der Waals surface area contributed by atoms with Crippen LogP contribution in [-0.2, 0) is 0 Å². The first kappa shape index (κ1) is 11.6. The number of halogens is 1. The van der Waals surface area contributed by atoms with Gasteiger partial charge in [-0.15, -0.1) is 12.4 Å². The molecule has 0 aromatic carbocycles. The molecule has 56 valence electrons. The molecule has 1 nitrogen and oxygen atoms in total. The molecule has 0 aromatic rings. The summed E-state index contributed by atoms with van der Waals surface area (Å²) in [7, 11) is 0. The maximum atomic E-state index is 2.25. The summed E-state index contributed by atoms with van der Waals surface area (Å²) in [4.78, 5) is 2.25. The summed E-state index contributed by atoms with van der Waals surface area (Å²) in [5.74, 6) is 0. The molecular weight excluding hydrogens is 134 g/mol. The predicted molar refractivity (Wildman–Crippen MR) is 45.0 cm³/mol. The van der Waals surface area contributed by atoms with Gasteiger partial charge in [-0.05, 0) is 27.0 Å². The zero-order valence-electron chi connectivity index (χ0n) is 6.42. The Balaban J connectivity index is 0. The van der Waals surface area contributed by atoms with Crippen molar-refractivity contribution in [2.75, 3.05) is 13.1 Å². The Morgan fingerprint density at radius 3 is 1.78 bits per heavy atom. The first-order valence-electron chi connectivity index (χ1n) is 3.22. The van der Waals surface area contributed by atoms with Gasteiger partial charge in [0.1, 0.15) is 0 Å². The fourth-order valence-electron chi connectivity index (χ4n) is 0.645. The summed E-state index contributed by atoms with van der Waals surface area (Å²) in [6.07, 6.45) is 4.17. The van der Waals surface area contributed by atoms with E-state index in [1.165, 1.54) is 0 Å². The van der Waals surface area contributed by atoms with Crippen LogP contribution in [0.5, 0.6) is 0 Å². The molecule has 0 aliphatic carbocycles. The Morgan fingerprint density at radius 1 is 1.22 bits per heavy atom. The van der Waals surface area contributed by atoms with Gasteiger partial charge in [-0.3, -0.25) is 0 Å². The van der Waals surface area contributed by atoms with Crippen LogP contribution in [0.1, 0.15) is 20.8 Å². The molecule has 0 N–H and O–H groups in total. The highest BCUT2D eigenvalue weighted by Crippen LogP contribution is 1.85. The molecule has 0 aliphatic rings. The second-order valence-electron chi connectivity index (χ2n) is 1.70. The average Bonchev–Trinajstić information content (AvgIpc) is 1.83. The monoisotopic (exact) mass is 149 g/mol. The molecule has 0 heterocycles. The van der Waals surface area contributed by atoms with E-state index < -0.39 is 0 Å². The molecular formula is C7H16ClN. The van der Waals surface area contributed by atoms with Gasteiger partial charge in [-0.25, -0.2) is 0 Å². The van der Waals surface area contributed by atoms with Crippen molar-refractivity contribution in [1.82, 2.24) is 4.90 Å². The SMILES string of the molecule is CC=CN(CC)CC.Cl. The molecule has 0 aliphatic heterocycles. The molecule has 9 heavy (non-hydrogen) atoms. The summed E-state index contributed by atoms with van der Waals surface area (Å²) < 4.78 is 0. The van der Waals surface area contributed by atoms with Crippen molar-refractivity contribution in [3.05, 3.63) is 12.3 Å². The van der Waals surface area contributed by atoms with Crippen LogP contribution in [0, 0.1) is 0 Å². The summed E-state index contributed by atoms with van der Waals surface area (Å²) in [6, 6.07) is 0. The van der Waals surface area contributed by atoms with E-state index in [0.717, 1.165) is 13.1 Å². The molecule has 0 radical (unpaired) electrons. The molecule has 0 bridgehead atoms. The zero-order valence-corrected chi connectivity index (χ0v) is 7.24. The van der Waals surface area contributed by atoms with Crippen LogP contribution < -0.4 is 0 Å². The van der Waals surface area contributed by atoms with Crippen molar-refractivity contribution in [2.24, 2.45) is 0 Å². The van der Waals surface area contributed by atoms with E-state index in [4.69, 9.17) is 0 Å². The highest BCUT2D eigenvalue weighted by molar-refractivity contribution is 5.85. The van der Waals surface area contributed by atoms with Crippen LogP contribution in [0.4, 0.5) is 0 Å². The molecule has 0 atom stereocenters. The minimum absolute atomic E-state index is 0. The summed E-state index contributed by atoms with van der Waals surface area (Å²) in [5.41, 5.74) is 0. The van der Waals surface area contributed by atoms with Crippen molar-refractivity contribution in [3.8, 4) is 0 Å². The van der Waals surface area contributed by atoms with Gasteiger partial charge in [-0.2, -0.15) is 0 Å². The summed E-state index contributed by atoms with van der Waals surface area (Å²) >= 11 is 0. The lowest BCUT2D eigenvalue weighted by atomic mass is 10.5. The van der Waals surface area contributed by atoms with Crippen LogP contribution in [0.25, 0.3) is 0 Å². The van der Waals surface area contributed by atoms with Gasteiger partial charge in [-0.1, -0.05) is 6.08 Å². The third-order valence-electron chi connectivity index (χ3n) is 1.17. The van der Waals surface area contributed by atoms with Gasteiger partial charge < -0.3 is 4.90 Å². The van der Waals surface area contributed by atoms with Crippen LogP contribution in [0.2, 0.25) is 0 Å². The van der Waals surface area contributed by atoms with E-state index in [-0.39, 0.29) is 12.4 Å². The largest absolute Gasteiger partial charge is 0.378 e. The first-order chi connectivity index (χ1) is 3.85. The molecule has 0 saturated heterocycles. The number of hydrogen-bond donors (Lipinski definition) is 0. The van der Waals surface area contributed by atoms with E-state index in [9.17, 15) is 0 Å². The summed E-state index contributed by atoms with van der Waals surface area (Å²) in [5, 5.41) is 0. The van der Waals surface area contributed by atoms with Crippen molar-refractivity contribution in [3.63, 3.8) is 0 Å². The van der Waals surface area contributed by atoms with Gasteiger partial charge in [0, 0.05) is 13.1 Å². The maximum absolute atomic E-state index is 2.25. The molecule has 0 aromatic heterocycles.